The maximum Gasteiger partial charge on any atom is 0.343 e. The van der Waals surface area contributed by atoms with E-state index in [1.807, 2.05) is 6.07 Å². The van der Waals surface area contributed by atoms with Gasteiger partial charge in [-0.3, -0.25) is 14.6 Å². The first kappa shape index (κ1) is 10.2. The molecular weight excluding hydrogens is 208 g/mol. The summed E-state index contributed by atoms with van der Waals surface area (Å²) in [6, 6.07) is 8.89. The fourth-order valence-electron chi connectivity index (χ4n) is 1.56. The van der Waals surface area contributed by atoms with E-state index in [1.165, 1.54) is 7.05 Å². The summed E-state index contributed by atoms with van der Waals surface area (Å²) in [5.41, 5.74) is 0.248. The number of benzene rings is 1. The molecule has 0 saturated carbocycles. The van der Waals surface area contributed by atoms with E-state index >= 15 is 0 Å². The second-order valence-electron chi connectivity index (χ2n) is 3.40. The standard InChI is InChI=1S/C11H10N2O3/c1-13-10(14)8(11(15)16)9(12-13)7-5-3-2-4-6-7/h2-6,12H,1H3,(H,15,16). The largest absolute Gasteiger partial charge is 0.477 e. The Morgan fingerprint density at radius 3 is 2.50 bits per heavy atom. The van der Waals surface area contributed by atoms with Crippen molar-refractivity contribution in [2.24, 2.45) is 7.05 Å². The minimum atomic E-state index is -1.22. The van der Waals surface area contributed by atoms with Crippen LogP contribution >= 0.6 is 0 Å². The van der Waals surface area contributed by atoms with E-state index in [9.17, 15) is 9.59 Å². The molecule has 0 bridgehead atoms. The lowest BCUT2D eigenvalue weighted by molar-refractivity contribution is 0.0696. The highest BCUT2D eigenvalue weighted by molar-refractivity contribution is 5.94. The number of carboxylic acids is 1. The Labute approximate surface area is 90.9 Å². The number of H-pyrrole nitrogens is 1. The number of hydrogen-bond acceptors (Lipinski definition) is 2. The highest BCUT2D eigenvalue weighted by Crippen LogP contribution is 2.18. The number of aromatic nitrogens is 2. The molecule has 16 heavy (non-hydrogen) atoms. The van der Waals surface area contributed by atoms with Gasteiger partial charge in [-0.05, 0) is 0 Å². The van der Waals surface area contributed by atoms with Crippen LogP contribution in [0.2, 0.25) is 0 Å². The lowest BCUT2D eigenvalue weighted by Gasteiger charge is -1.98. The summed E-state index contributed by atoms with van der Waals surface area (Å²) in [6.07, 6.45) is 0. The molecule has 0 spiro atoms. The van der Waals surface area contributed by atoms with Crippen molar-refractivity contribution in [1.29, 1.82) is 0 Å². The zero-order chi connectivity index (χ0) is 11.7. The molecule has 0 unspecified atom stereocenters. The minimum absolute atomic E-state index is 0.228. The molecule has 0 fully saturated rings. The van der Waals surface area contributed by atoms with Gasteiger partial charge in [0.05, 0.1) is 5.69 Å². The van der Waals surface area contributed by atoms with Crippen LogP contribution in [-0.2, 0) is 7.05 Å². The van der Waals surface area contributed by atoms with Crippen LogP contribution in [0.25, 0.3) is 11.3 Å². The van der Waals surface area contributed by atoms with Crippen molar-refractivity contribution in [3.05, 3.63) is 46.2 Å². The predicted octanol–water partition coefficient (Wildman–Crippen LogP) is 1.08. The fourth-order valence-corrected chi connectivity index (χ4v) is 1.56. The maximum absolute atomic E-state index is 11.6. The molecule has 0 amide bonds. The third-order valence-electron chi connectivity index (χ3n) is 2.32. The highest BCUT2D eigenvalue weighted by atomic mass is 16.4. The quantitative estimate of drug-likeness (QED) is 0.791. The monoisotopic (exact) mass is 218 g/mol. The van der Waals surface area contributed by atoms with Crippen LogP contribution in [0.4, 0.5) is 0 Å². The van der Waals surface area contributed by atoms with Gasteiger partial charge in [-0.15, -0.1) is 0 Å². The number of hydrogen-bond donors (Lipinski definition) is 2. The molecule has 0 atom stereocenters. The number of aromatic carboxylic acids is 1. The van der Waals surface area contributed by atoms with Gasteiger partial charge in [-0.1, -0.05) is 30.3 Å². The molecule has 1 aromatic carbocycles. The van der Waals surface area contributed by atoms with Gasteiger partial charge in [-0.25, -0.2) is 4.79 Å². The number of aryl methyl sites for hydroxylation is 1. The van der Waals surface area contributed by atoms with Crippen LogP contribution in [0.5, 0.6) is 0 Å². The van der Waals surface area contributed by atoms with Crippen LogP contribution in [0.1, 0.15) is 10.4 Å². The first-order chi connectivity index (χ1) is 7.61. The fraction of sp³-hybridized carbons (Fsp3) is 0.0909. The van der Waals surface area contributed by atoms with Crippen molar-refractivity contribution >= 4 is 5.97 Å². The lowest BCUT2D eigenvalue weighted by Crippen LogP contribution is -2.18. The first-order valence-electron chi connectivity index (χ1n) is 4.69. The Hall–Kier alpha value is -2.30. The molecule has 5 nitrogen and oxygen atoms in total. The Kier molecular flexibility index (Phi) is 2.36. The third kappa shape index (κ3) is 1.52. The molecule has 0 aliphatic carbocycles. The highest BCUT2D eigenvalue weighted by Gasteiger charge is 2.19. The van der Waals surface area contributed by atoms with Gasteiger partial charge in [0, 0.05) is 12.6 Å². The molecule has 1 aromatic heterocycles. The van der Waals surface area contributed by atoms with Crippen molar-refractivity contribution in [2.45, 2.75) is 0 Å². The Balaban J connectivity index is 2.71. The molecule has 0 radical (unpaired) electrons. The van der Waals surface area contributed by atoms with E-state index in [4.69, 9.17) is 5.11 Å². The molecule has 2 rings (SSSR count). The molecule has 0 saturated heterocycles. The van der Waals surface area contributed by atoms with Gasteiger partial charge in [-0.2, -0.15) is 0 Å². The summed E-state index contributed by atoms with van der Waals surface area (Å²) in [7, 11) is 1.49. The summed E-state index contributed by atoms with van der Waals surface area (Å²) < 4.78 is 1.16. The summed E-state index contributed by atoms with van der Waals surface area (Å²) in [5.74, 6) is -1.22. The second-order valence-corrected chi connectivity index (χ2v) is 3.40. The Morgan fingerprint density at radius 1 is 1.31 bits per heavy atom. The zero-order valence-corrected chi connectivity index (χ0v) is 8.60. The number of carboxylic acid groups (broad SMARTS) is 1. The van der Waals surface area contributed by atoms with Crippen molar-refractivity contribution in [1.82, 2.24) is 9.78 Å². The predicted molar refractivity (Wildman–Crippen MR) is 58.4 cm³/mol. The number of aromatic amines is 1. The zero-order valence-electron chi connectivity index (χ0n) is 8.60. The van der Waals surface area contributed by atoms with Crippen LogP contribution in [0, 0.1) is 0 Å². The molecule has 0 aliphatic rings. The topological polar surface area (TPSA) is 75.1 Å². The van der Waals surface area contributed by atoms with Crippen molar-refractivity contribution in [3.8, 4) is 11.3 Å². The van der Waals surface area contributed by atoms with Crippen LogP contribution in [0.15, 0.2) is 35.1 Å². The third-order valence-corrected chi connectivity index (χ3v) is 2.32. The van der Waals surface area contributed by atoms with Crippen molar-refractivity contribution < 1.29 is 9.90 Å². The molecule has 2 N–H and O–H groups in total. The van der Waals surface area contributed by atoms with E-state index in [0.717, 1.165) is 4.68 Å². The average Bonchev–Trinajstić information content (AvgIpc) is 2.57. The number of rotatable bonds is 2. The average molecular weight is 218 g/mol. The molecule has 0 aliphatic heterocycles. The van der Waals surface area contributed by atoms with Gasteiger partial charge < -0.3 is 5.11 Å². The van der Waals surface area contributed by atoms with E-state index in [2.05, 4.69) is 5.10 Å². The van der Waals surface area contributed by atoms with E-state index in [0.29, 0.717) is 11.3 Å². The smallest absolute Gasteiger partial charge is 0.343 e. The molecule has 82 valence electrons. The number of nitrogens with zero attached hydrogens (tertiary/aromatic N) is 1. The van der Waals surface area contributed by atoms with Crippen molar-refractivity contribution in [2.75, 3.05) is 0 Å². The molecular formula is C11H10N2O3. The van der Waals surface area contributed by atoms with Crippen LogP contribution in [-0.4, -0.2) is 20.9 Å². The van der Waals surface area contributed by atoms with E-state index in [-0.39, 0.29) is 5.56 Å². The molecule has 1 heterocycles. The van der Waals surface area contributed by atoms with Gasteiger partial charge in [0.1, 0.15) is 0 Å². The Morgan fingerprint density at radius 2 is 1.94 bits per heavy atom. The SMILES string of the molecule is Cn1[nH]c(-c2ccccc2)c(C(=O)O)c1=O. The van der Waals surface area contributed by atoms with Gasteiger partial charge in [0.2, 0.25) is 0 Å². The van der Waals surface area contributed by atoms with Gasteiger partial charge in [0.25, 0.3) is 5.56 Å². The van der Waals surface area contributed by atoms with Gasteiger partial charge in [0.15, 0.2) is 5.56 Å². The minimum Gasteiger partial charge on any atom is -0.477 e. The Bertz CT molecular complexity index is 581. The summed E-state index contributed by atoms with van der Waals surface area (Å²) in [4.78, 5) is 22.6. The summed E-state index contributed by atoms with van der Waals surface area (Å²) in [6.45, 7) is 0. The summed E-state index contributed by atoms with van der Waals surface area (Å²) >= 11 is 0. The first-order valence-corrected chi connectivity index (χ1v) is 4.69. The summed E-state index contributed by atoms with van der Waals surface area (Å²) in [5, 5.41) is 11.7. The normalized spacial score (nSPS) is 10.3. The number of carbonyl (C=O) groups is 1. The van der Waals surface area contributed by atoms with Crippen LogP contribution < -0.4 is 5.56 Å². The van der Waals surface area contributed by atoms with E-state index < -0.39 is 11.5 Å². The van der Waals surface area contributed by atoms with Gasteiger partial charge >= 0.3 is 5.97 Å². The maximum atomic E-state index is 11.6. The second kappa shape index (κ2) is 3.69. The van der Waals surface area contributed by atoms with Crippen molar-refractivity contribution in [3.63, 3.8) is 0 Å². The van der Waals surface area contributed by atoms with Crippen LogP contribution in [0.3, 0.4) is 0 Å². The molecule has 2 aromatic rings. The number of nitrogens with one attached hydrogen (secondary N) is 1. The lowest BCUT2D eigenvalue weighted by atomic mass is 10.1. The van der Waals surface area contributed by atoms with E-state index in [1.54, 1.807) is 24.3 Å². The molecule has 5 heteroatoms.